The van der Waals surface area contributed by atoms with Crippen molar-refractivity contribution in [3.8, 4) is 11.3 Å². The van der Waals surface area contributed by atoms with Gasteiger partial charge < -0.3 is 10.2 Å². The highest BCUT2D eigenvalue weighted by Gasteiger charge is 2.34. The van der Waals surface area contributed by atoms with E-state index in [9.17, 15) is 13.2 Å². The minimum atomic E-state index is -3.51. The van der Waals surface area contributed by atoms with E-state index in [1.54, 1.807) is 46.7 Å². The molecule has 2 aromatic carbocycles. The quantitative estimate of drug-likeness (QED) is 0.598. The third-order valence-corrected chi connectivity index (χ3v) is 8.58. The van der Waals surface area contributed by atoms with Gasteiger partial charge in [-0.05, 0) is 49.6 Å². The molecule has 3 heterocycles. The highest BCUT2D eigenvalue weighted by Crippen LogP contribution is 2.35. The Labute approximate surface area is 199 Å². The molecule has 1 amide bonds. The Hall–Kier alpha value is -3.30. The van der Waals surface area contributed by atoms with Crippen LogP contribution in [0.5, 0.6) is 0 Å². The van der Waals surface area contributed by atoms with Gasteiger partial charge in [-0.25, -0.2) is 18.4 Å². The molecule has 1 unspecified atom stereocenters. The Morgan fingerprint density at radius 1 is 1.12 bits per heavy atom. The first-order valence-corrected chi connectivity index (χ1v) is 12.9. The molecule has 0 bridgehead atoms. The van der Waals surface area contributed by atoms with Crippen molar-refractivity contribution in [2.24, 2.45) is 0 Å². The molecule has 0 radical (unpaired) electrons. The Bertz CT molecular complexity index is 1340. The molecule has 34 heavy (non-hydrogen) atoms. The second-order valence-corrected chi connectivity index (χ2v) is 10.6. The maximum atomic E-state index is 13.1. The van der Waals surface area contributed by atoms with Gasteiger partial charge in [-0.1, -0.05) is 25.1 Å². The van der Waals surface area contributed by atoms with Gasteiger partial charge in [0.2, 0.25) is 21.9 Å². The van der Waals surface area contributed by atoms with Crippen molar-refractivity contribution in [2.45, 2.75) is 43.5 Å². The fraction of sp³-hybridized carbons (Fsp3) is 0.320. The van der Waals surface area contributed by atoms with Gasteiger partial charge in [0.25, 0.3) is 0 Å². The monoisotopic (exact) mass is 477 g/mol. The predicted octanol–water partition coefficient (Wildman–Crippen LogP) is 3.97. The number of benzene rings is 2. The summed E-state index contributed by atoms with van der Waals surface area (Å²) in [5.74, 6) is 0.363. The number of fused-ring (bicyclic) bond motifs is 3. The minimum absolute atomic E-state index is 0.0179. The number of carbonyl (C=O) groups excluding carboxylic acids is 1. The lowest BCUT2D eigenvalue weighted by Gasteiger charge is -2.23. The predicted molar refractivity (Wildman–Crippen MR) is 132 cm³/mol. The summed E-state index contributed by atoms with van der Waals surface area (Å²) in [6, 6.07) is 14.4. The van der Waals surface area contributed by atoms with E-state index in [0.717, 1.165) is 36.1 Å². The molecule has 5 rings (SSSR count). The van der Waals surface area contributed by atoms with Gasteiger partial charge in [0.15, 0.2) is 0 Å². The molecular weight excluding hydrogens is 450 g/mol. The zero-order valence-electron chi connectivity index (χ0n) is 19.2. The molecule has 176 valence electrons. The lowest BCUT2D eigenvalue weighted by atomic mass is 10.1. The van der Waals surface area contributed by atoms with Crippen LogP contribution in [-0.4, -0.2) is 48.2 Å². The summed E-state index contributed by atoms with van der Waals surface area (Å²) in [5, 5.41) is 3.17. The number of carbonyl (C=O) groups is 1. The van der Waals surface area contributed by atoms with E-state index < -0.39 is 10.0 Å². The second-order valence-electron chi connectivity index (χ2n) is 8.68. The van der Waals surface area contributed by atoms with Gasteiger partial charge in [-0.15, -0.1) is 0 Å². The van der Waals surface area contributed by atoms with Crippen LogP contribution in [0.3, 0.4) is 0 Å². The molecule has 8 nitrogen and oxygen atoms in total. The molecule has 2 aliphatic heterocycles. The van der Waals surface area contributed by atoms with E-state index in [2.05, 4.69) is 10.3 Å². The zero-order chi connectivity index (χ0) is 23.9. The average molecular weight is 478 g/mol. The van der Waals surface area contributed by atoms with Crippen molar-refractivity contribution < 1.29 is 13.2 Å². The smallest absolute Gasteiger partial charge is 0.243 e. The number of nitrogens with one attached hydrogen (secondary N) is 1. The van der Waals surface area contributed by atoms with Crippen molar-refractivity contribution in [2.75, 3.05) is 23.8 Å². The lowest BCUT2D eigenvalue weighted by Crippen LogP contribution is -2.35. The first-order chi connectivity index (χ1) is 16.4. The Morgan fingerprint density at radius 2 is 1.88 bits per heavy atom. The van der Waals surface area contributed by atoms with Crippen LogP contribution in [0.1, 0.15) is 31.7 Å². The highest BCUT2D eigenvalue weighted by atomic mass is 32.2. The third kappa shape index (κ3) is 3.95. The van der Waals surface area contributed by atoms with Gasteiger partial charge in [-0.3, -0.25) is 4.79 Å². The standard InChI is InChI=1S/C25H27N5O3S/c1-3-19-7-6-14-30(19)34(32,33)20-12-10-18(11-13-20)27-25-26-16-17-15-23(31)29(2)22-9-5-4-8-21(22)24(17)28-25/h4-5,8-13,16,19H,3,6-7,14-15H2,1-2H3,(H,26,27,28). The maximum absolute atomic E-state index is 13.1. The van der Waals surface area contributed by atoms with Crippen LogP contribution in [0.4, 0.5) is 17.3 Å². The van der Waals surface area contributed by atoms with Crippen molar-refractivity contribution in [3.63, 3.8) is 0 Å². The SMILES string of the molecule is CCC1CCCN1S(=O)(=O)c1ccc(Nc2ncc3c(n2)-c2ccccc2N(C)C(=O)C3)cc1. The van der Waals surface area contributed by atoms with Gasteiger partial charge >= 0.3 is 0 Å². The van der Waals surface area contributed by atoms with Crippen molar-refractivity contribution in [3.05, 3.63) is 60.3 Å². The molecule has 1 aromatic heterocycles. The lowest BCUT2D eigenvalue weighted by molar-refractivity contribution is -0.117. The van der Waals surface area contributed by atoms with Crippen LogP contribution in [0, 0.1) is 0 Å². The molecule has 1 saturated heterocycles. The second kappa shape index (κ2) is 8.81. The first-order valence-electron chi connectivity index (χ1n) is 11.5. The first kappa shape index (κ1) is 22.5. The Morgan fingerprint density at radius 3 is 2.65 bits per heavy atom. The van der Waals surface area contributed by atoms with E-state index in [1.165, 1.54) is 0 Å². The molecule has 1 N–H and O–H groups in total. The normalized spacial score (nSPS) is 18.4. The van der Waals surface area contributed by atoms with Crippen molar-refractivity contribution in [1.82, 2.24) is 14.3 Å². The third-order valence-electron chi connectivity index (χ3n) is 6.61. The summed E-state index contributed by atoms with van der Waals surface area (Å²) in [7, 11) is -1.75. The van der Waals surface area contributed by atoms with E-state index in [4.69, 9.17) is 4.98 Å². The number of hydrogen-bond acceptors (Lipinski definition) is 6. The number of amides is 1. The molecule has 1 atom stereocenters. The van der Waals surface area contributed by atoms with Crippen LogP contribution >= 0.6 is 0 Å². The largest absolute Gasteiger partial charge is 0.324 e. The van der Waals surface area contributed by atoms with Crippen molar-refractivity contribution in [1.29, 1.82) is 0 Å². The van der Waals surface area contributed by atoms with Gasteiger partial charge in [0.1, 0.15) is 0 Å². The van der Waals surface area contributed by atoms with Crippen LogP contribution in [-0.2, 0) is 21.2 Å². The summed E-state index contributed by atoms with van der Waals surface area (Å²) in [6.07, 6.45) is 4.53. The van der Waals surface area contributed by atoms with Crippen molar-refractivity contribution >= 4 is 33.3 Å². The molecule has 0 aliphatic carbocycles. The number of aromatic nitrogens is 2. The fourth-order valence-electron chi connectivity index (χ4n) is 4.72. The molecule has 1 fully saturated rings. The number of para-hydroxylation sites is 1. The number of nitrogens with zero attached hydrogens (tertiary/aromatic N) is 4. The van der Waals surface area contributed by atoms with Crippen LogP contribution in [0.15, 0.2) is 59.6 Å². The maximum Gasteiger partial charge on any atom is 0.243 e. The minimum Gasteiger partial charge on any atom is -0.324 e. The van der Waals surface area contributed by atoms with E-state index in [0.29, 0.717) is 23.9 Å². The van der Waals surface area contributed by atoms with Gasteiger partial charge in [0.05, 0.1) is 22.7 Å². The summed E-state index contributed by atoms with van der Waals surface area (Å²) >= 11 is 0. The number of rotatable bonds is 5. The molecule has 3 aromatic rings. The van der Waals surface area contributed by atoms with E-state index in [-0.39, 0.29) is 23.3 Å². The fourth-order valence-corrected chi connectivity index (χ4v) is 6.49. The highest BCUT2D eigenvalue weighted by molar-refractivity contribution is 7.89. The molecule has 9 heteroatoms. The zero-order valence-corrected chi connectivity index (χ0v) is 20.0. The number of likely N-dealkylation sites (N-methyl/N-ethyl adjacent to an activating group) is 1. The van der Waals surface area contributed by atoms with Gasteiger partial charge in [-0.2, -0.15) is 4.31 Å². The van der Waals surface area contributed by atoms with Gasteiger partial charge in [0, 0.05) is 42.6 Å². The Kier molecular flexibility index (Phi) is 5.83. The summed E-state index contributed by atoms with van der Waals surface area (Å²) in [6.45, 7) is 2.60. The number of hydrogen-bond donors (Lipinski definition) is 1. The molecule has 0 saturated carbocycles. The number of sulfonamides is 1. The molecular formula is C25H27N5O3S. The van der Waals surface area contributed by atoms with E-state index >= 15 is 0 Å². The average Bonchev–Trinajstić information content (AvgIpc) is 3.31. The molecule has 0 spiro atoms. The summed E-state index contributed by atoms with van der Waals surface area (Å²) < 4.78 is 27.8. The number of anilines is 3. The summed E-state index contributed by atoms with van der Waals surface area (Å²) in [5.41, 5.74) is 3.84. The van der Waals surface area contributed by atoms with Crippen LogP contribution in [0.2, 0.25) is 0 Å². The molecule has 2 aliphatic rings. The van der Waals surface area contributed by atoms with E-state index in [1.807, 2.05) is 31.2 Å². The van der Waals surface area contributed by atoms with Crippen LogP contribution < -0.4 is 10.2 Å². The summed E-state index contributed by atoms with van der Waals surface area (Å²) in [4.78, 5) is 23.6. The van der Waals surface area contributed by atoms with Crippen LogP contribution in [0.25, 0.3) is 11.3 Å². The topological polar surface area (TPSA) is 95.5 Å². The Balaban J connectivity index is 1.42.